The van der Waals surface area contributed by atoms with Crippen molar-refractivity contribution in [3.8, 4) is 0 Å². The number of aryl methyl sites for hydroxylation is 1. The Morgan fingerprint density at radius 3 is 2.39 bits per heavy atom. The lowest BCUT2D eigenvalue weighted by Crippen LogP contribution is -2.21. The summed E-state index contributed by atoms with van der Waals surface area (Å²) in [5.41, 5.74) is 7.81. The van der Waals surface area contributed by atoms with E-state index in [0.717, 1.165) is 17.3 Å². The molecule has 146 valence electrons. The van der Waals surface area contributed by atoms with Gasteiger partial charge in [-0.25, -0.2) is 13.1 Å². The fourth-order valence-corrected chi connectivity index (χ4v) is 5.09. The number of aromatic nitrogens is 2. The minimum atomic E-state index is -3.85. The van der Waals surface area contributed by atoms with Gasteiger partial charge >= 0.3 is 0 Å². The number of carbonyl (C=O) groups excluding carboxylic acids is 1. The Hall–Kier alpha value is -2.78. The molecular weight excluding hydrogens is 396 g/mol. The van der Waals surface area contributed by atoms with Crippen LogP contribution in [-0.4, -0.2) is 30.4 Å². The number of nitrogens with two attached hydrogens (primary N) is 1. The van der Waals surface area contributed by atoms with Crippen molar-refractivity contribution in [3.63, 3.8) is 0 Å². The van der Waals surface area contributed by atoms with Crippen LogP contribution >= 0.6 is 11.8 Å². The van der Waals surface area contributed by atoms with Gasteiger partial charge in [-0.1, -0.05) is 35.9 Å². The molecule has 3 aromatic rings. The predicted octanol–water partition coefficient (Wildman–Crippen LogP) is 2.97. The quantitative estimate of drug-likeness (QED) is 0.598. The average Bonchev–Trinajstić information content (AvgIpc) is 3.00. The summed E-state index contributed by atoms with van der Waals surface area (Å²) in [6.45, 7) is 1.76. The number of nitrogens with zero attached hydrogens (tertiary/aromatic N) is 2. The molecule has 7 nitrogen and oxygen atoms in total. The first kappa shape index (κ1) is 20.0. The molecule has 0 atom stereocenters. The van der Waals surface area contributed by atoms with Crippen LogP contribution in [0.1, 0.15) is 5.56 Å². The Kier molecular flexibility index (Phi) is 5.76. The van der Waals surface area contributed by atoms with E-state index < -0.39 is 9.84 Å². The highest BCUT2D eigenvalue weighted by atomic mass is 32.2. The predicted molar refractivity (Wildman–Crippen MR) is 110 cm³/mol. The van der Waals surface area contributed by atoms with Gasteiger partial charge in [0.2, 0.25) is 15.7 Å². The van der Waals surface area contributed by atoms with Crippen LogP contribution in [0, 0.1) is 6.92 Å². The molecule has 9 heteroatoms. The van der Waals surface area contributed by atoms with E-state index in [2.05, 4.69) is 10.4 Å². The third-order valence-electron chi connectivity index (χ3n) is 4.06. The summed E-state index contributed by atoms with van der Waals surface area (Å²) in [5.74, 6) is -0.415. The van der Waals surface area contributed by atoms with E-state index in [9.17, 15) is 13.2 Å². The molecule has 0 aliphatic carbocycles. The molecule has 0 radical (unpaired) electrons. The van der Waals surface area contributed by atoms with Gasteiger partial charge in [-0.2, -0.15) is 5.10 Å². The Morgan fingerprint density at radius 1 is 1.14 bits per heavy atom. The molecule has 3 N–H and O–H groups in total. The fourth-order valence-electron chi connectivity index (χ4n) is 2.63. The van der Waals surface area contributed by atoms with Crippen LogP contribution in [-0.2, 0) is 21.2 Å². The maximum absolute atomic E-state index is 13.0. The third kappa shape index (κ3) is 4.05. The number of amides is 1. The number of nitrogen functional groups attached to an aromatic ring is 1. The van der Waals surface area contributed by atoms with Crippen molar-refractivity contribution in [2.24, 2.45) is 0 Å². The number of hydrogen-bond acceptors (Lipinski definition) is 6. The maximum Gasteiger partial charge on any atom is 0.246 e. The highest BCUT2D eigenvalue weighted by molar-refractivity contribution is 7.99. The molecule has 2 aromatic carbocycles. The minimum absolute atomic E-state index is 0.0627. The van der Waals surface area contributed by atoms with Crippen LogP contribution in [0.4, 0.5) is 11.5 Å². The highest BCUT2D eigenvalue weighted by Crippen LogP contribution is 2.33. The molecular formula is C19H20N4O3S2. The smallest absolute Gasteiger partial charge is 0.246 e. The lowest BCUT2D eigenvalue weighted by molar-refractivity contribution is -0.116. The lowest BCUT2D eigenvalue weighted by atomic mass is 10.2. The number of anilines is 2. The molecule has 0 aliphatic rings. The molecule has 0 bridgehead atoms. The SMILES string of the molecule is CSc1nn(CC(=O)Nc2ccc(C)cc2)c(N)c1S(=O)(=O)c1ccccc1. The summed E-state index contributed by atoms with van der Waals surface area (Å²) in [6.07, 6.45) is 1.71. The van der Waals surface area contributed by atoms with Crippen LogP contribution in [0.5, 0.6) is 0 Å². The van der Waals surface area contributed by atoms with Gasteiger partial charge in [-0.05, 0) is 37.4 Å². The van der Waals surface area contributed by atoms with Gasteiger partial charge < -0.3 is 11.1 Å². The van der Waals surface area contributed by atoms with Crippen molar-refractivity contribution in [2.75, 3.05) is 17.3 Å². The van der Waals surface area contributed by atoms with Crippen molar-refractivity contribution >= 4 is 39.0 Å². The summed E-state index contributed by atoms with van der Waals surface area (Å²) in [4.78, 5) is 12.4. The first-order chi connectivity index (χ1) is 13.3. The Bertz CT molecular complexity index is 1090. The molecule has 0 fully saturated rings. The highest BCUT2D eigenvalue weighted by Gasteiger charge is 2.29. The van der Waals surface area contributed by atoms with Crippen molar-refractivity contribution in [1.82, 2.24) is 9.78 Å². The zero-order valence-electron chi connectivity index (χ0n) is 15.4. The van der Waals surface area contributed by atoms with Crippen molar-refractivity contribution in [2.45, 2.75) is 28.3 Å². The number of sulfone groups is 1. The van der Waals surface area contributed by atoms with E-state index in [1.165, 1.54) is 16.8 Å². The van der Waals surface area contributed by atoms with Crippen LogP contribution in [0.3, 0.4) is 0 Å². The number of carbonyl (C=O) groups is 1. The maximum atomic E-state index is 13.0. The first-order valence-electron chi connectivity index (χ1n) is 8.40. The number of rotatable bonds is 6. The van der Waals surface area contributed by atoms with Gasteiger partial charge in [0.15, 0.2) is 0 Å². The Balaban J connectivity index is 1.90. The second-order valence-corrected chi connectivity index (χ2v) is 8.79. The van der Waals surface area contributed by atoms with Gasteiger partial charge in [0, 0.05) is 5.69 Å². The standard InChI is InChI=1S/C19H20N4O3S2/c1-13-8-10-14(11-9-13)21-16(24)12-23-18(20)17(19(22-23)27-2)28(25,26)15-6-4-3-5-7-15/h3-11H,12,20H2,1-2H3,(H,21,24). The van der Waals surface area contributed by atoms with E-state index in [1.54, 1.807) is 36.6 Å². The summed E-state index contributed by atoms with van der Waals surface area (Å²) < 4.78 is 27.2. The van der Waals surface area contributed by atoms with Crippen LogP contribution in [0.2, 0.25) is 0 Å². The van der Waals surface area contributed by atoms with Crippen LogP contribution in [0.15, 0.2) is 69.4 Å². The van der Waals surface area contributed by atoms with Gasteiger partial charge in [0.05, 0.1) is 4.90 Å². The molecule has 3 rings (SSSR count). The molecule has 1 heterocycles. The fraction of sp³-hybridized carbons (Fsp3) is 0.158. The van der Waals surface area contributed by atoms with Gasteiger partial charge in [0.1, 0.15) is 22.3 Å². The number of nitrogens with one attached hydrogen (secondary N) is 1. The zero-order valence-corrected chi connectivity index (χ0v) is 17.0. The van der Waals surface area contributed by atoms with Crippen LogP contribution in [0.25, 0.3) is 0 Å². The first-order valence-corrected chi connectivity index (χ1v) is 11.1. The summed E-state index contributed by atoms with van der Waals surface area (Å²) in [7, 11) is -3.85. The second kappa shape index (κ2) is 8.07. The van der Waals surface area contributed by atoms with Gasteiger partial charge in [-0.15, -0.1) is 11.8 Å². The van der Waals surface area contributed by atoms with Gasteiger partial charge in [0.25, 0.3) is 0 Å². The molecule has 0 saturated heterocycles. The lowest BCUT2D eigenvalue weighted by Gasteiger charge is -2.08. The topological polar surface area (TPSA) is 107 Å². The van der Waals surface area contributed by atoms with E-state index in [4.69, 9.17) is 5.73 Å². The minimum Gasteiger partial charge on any atom is -0.383 e. The molecule has 0 unspecified atom stereocenters. The van der Waals surface area contributed by atoms with Crippen LogP contribution < -0.4 is 11.1 Å². The number of thioether (sulfide) groups is 1. The number of benzene rings is 2. The van der Waals surface area contributed by atoms with E-state index in [1.807, 2.05) is 19.1 Å². The molecule has 0 aliphatic heterocycles. The number of hydrogen-bond donors (Lipinski definition) is 2. The monoisotopic (exact) mass is 416 g/mol. The van der Waals surface area contributed by atoms with E-state index in [0.29, 0.717) is 5.69 Å². The van der Waals surface area contributed by atoms with Crippen molar-refractivity contribution < 1.29 is 13.2 Å². The normalized spacial score (nSPS) is 11.4. The van der Waals surface area contributed by atoms with E-state index >= 15 is 0 Å². The molecule has 0 spiro atoms. The van der Waals surface area contributed by atoms with E-state index in [-0.39, 0.29) is 33.1 Å². The molecule has 1 amide bonds. The Labute approximate surface area is 167 Å². The third-order valence-corrected chi connectivity index (χ3v) is 6.70. The second-order valence-electron chi connectivity index (χ2n) is 6.11. The summed E-state index contributed by atoms with van der Waals surface area (Å²) >= 11 is 1.16. The zero-order chi connectivity index (χ0) is 20.3. The van der Waals surface area contributed by atoms with Crippen molar-refractivity contribution in [3.05, 3.63) is 60.2 Å². The average molecular weight is 417 g/mol. The largest absolute Gasteiger partial charge is 0.383 e. The summed E-state index contributed by atoms with van der Waals surface area (Å²) in [6, 6.07) is 15.4. The van der Waals surface area contributed by atoms with Gasteiger partial charge in [-0.3, -0.25) is 4.79 Å². The Morgan fingerprint density at radius 2 is 1.79 bits per heavy atom. The van der Waals surface area contributed by atoms with Crippen molar-refractivity contribution in [1.29, 1.82) is 0 Å². The summed E-state index contributed by atoms with van der Waals surface area (Å²) in [5, 5.41) is 7.23. The molecule has 1 aromatic heterocycles. The molecule has 28 heavy (non-hydrogen) atoms. The molecule has 0 saturated carbocycles.